The Morgan fingerprint density at radius 2 is 2.06 bits per heavy atom. The summed E-state index contributed by atoms with van der Waals surface area (Å²) in [4.78, 5) is 2.42. The molecule has 0 aromatic heterocycles. The normalized spacial score (nSPS) is 19.0. The largest absolute Gasteiger partial charge is 0.330 e. The number of likely N-dealkylation sites (N-methyl/N-ethyl adjacent to an activating group) is 1. The van der Waals surface area contributed by atoms with Gasteiger partial charge >= 0.3 is 0 Å². The summed E-state index contributed by atoms with van der Waals surface area (Å²) in [6.07, 6.45) is 1.24. The van der Waals surface area contributed by atoms with Gasteiger partial charge in [-0.1, -0.05) is 38.1 Å². The molecule has 1 aromatic rings. The molecule has 94 valence electrons. The second kappa shape index (κ2) is 4.79. The van der Waals surface area contributed by atoms with E-state index in [-0.39, 0.29) is 5.41 Å². The fraction of sp³-hybridized carbons (Fsp3) is 0.600. The van der Waals surface area contributed by atoms with Crippen LogP contribution in [0.15, 0.2) is 24.3 Å². The third kappa shape index (κ3) is 2.88. The molecule has 0 aliphatic heterocycles. The van der Waals surface area contributed by atoms with Crippen LogP contribution < -0.4 is 5.73 Å². The summed E-state index contributed by atoms with van der Waals surface area (Å²) >= 11 is 0. The minimum Gasteiger partial charge on any atom is -0.330 e. The van der Waals surface area contributed by atoms with E-state index < -0.39 is 0 Å². The highest BCUT2D eigenvalue weighted by Gasteiger charge is 2.27. The fourth-order valence-corrected chi connectivity index (χ4v) is 2.76. The Kier molecular flexibility index (Phi) is 3.55. The molecule has 1 aliphatic rings. The van der Waals surface area contributed by atoms with Gasteiger partial charge in [0.1, 0.15) is 0 Å². The molecule has 0 radical (unpaired) electrons. The van der Waals surface area contributed by atoms with Crippen molar-refractivity contribution in [1.82, 2.24) is 4.90 Å². The van der Waals surface area contributed by atoms with Crippen LogP contribution in [0.3, 0.4) is 0 Å². The highest BCUT2D eigenvalue weighted by atomic mass is 15.1. The molecule has 0 saturated carbocycles. The lowest BCUT2D eigenvalue weighted by Gasteiger charge is -2.36. The van der Waals surface area contributed by atoms with Crippen molar-refractivity contribution in [3.8, 4) is 0 Å². The zero-order chi connectivity index (χ0) is 12.5. The molecule has 1 atom stereocenters. The molecule has 0 heterocycles. The molecule has 0 saturated heterocycles. The van der Waals surface area contributed by atoms with Gasteiger partial charge in [-0.15, -0.1) is 0 Å². The van der Waals surface area contributed by atoms with Crippen molar-refractivity contribution >= 4 is 0 Å². The number of hydrogen-bond acceptors (Lipinski definition) is 2. The maximum Gasteiger partial charge on any atom is 0.00508 e. The van der Waals surface area contributed by atoms with Gasteiger partial charge in [0.25, 0.3) is 0 Å². The molecule has 2 nitrogen and oxygen atoms in total. The summed E-state index contributed by atoms with van der Waals surface area (Å²) in [6.45, 7) is 7.44. The first-order valence-corrected chi connectivity index (χ1v) is 6.48. The van der Waals surface area contributed by atoms with Crippen LogP contribution in [-0.4, -0.2) is 31.6 Å². The van der Waals surface area contributed by atoms with E-state index in [4.69, 9.17) is 5.73 Å². The molecule has 2 N–H and O–H groups in total. The van der Waals surface area contributed by atoms with Gasteiger partial charge in [0.15, 0.2) is 0 Å². The number of hydrogen-bond donors (Lipinski definition) is 1. The van der Waals surface area contributed by atoms with Gasteiger partial charge in [-0.25, -0.2) is 0 Å². The molecule has 0 spiro atoms. The Hall–Kier alpha value is -0.860. The summed E-state index contributed by atoms with van der Waals surface area (Å²) in [5.41, 5.74) is 9.08. The summed E-state index contributed by atoms with van der Waals surface area (Å²) in [5, 5.41) is 0. The highest BCUT2D eigenvalue weighted by Crippen LogP contribution is 2.35. The lowest BCUT2D eigenvalue weighted by molar-refractivity contribution is 0.201. The Morgan fingerprint density at radius 3 is 2.71 bits per heavy atom. The van der Waals surface area contributed by atoms with Gasteiger partial charge in [0, 0.05) is 19.0 Å². The molecule has 0 amide bonds. The maximum absolute atomic E-state index is 5.78. The molecule has 0 fully saturated rings. The minimum absolute atomic E-state index is 0.220. The van der Waals surface area contributed by atoms with Crippen molar-refractivity contribution in [3.05, 3.63) is 35.4 Å². The average Bonchev–Trinajstić information content (AvgIpc) is 2.25. The minimum atomic E-state index is 0.220. The fourth-order valence-electron chi connectivity index (χ4n) is 2.76. The van der Waals surface area contributed by atoms with Crippen molar-refractivity contribution in [1.29, 1.82) is 0 Å². The second-order valence-electron chi connectivity index (χ2n) is 6.16. The molecule has 0 bridgehead atoms. The van der Waals surface area contributed by atoms with Crippen LogP contribution in [0.2, 0.25) is 0 Å². The van der Waals surface area contributed by atoms with Crippen molar-refractivity contribution in [2.45, 2.75) is 26.2 Å². The van der Waals surface area contributed by atoms with Crippen molar-refractivity contribution < 1.29 is 0 Å². The molecular formula is C15H24N2. The number of benzene rings is 1. The topological polar surface area (TPSA) is 29.3 Å². The summed E-state index contributed by atoms with van der Waals surface area (Å²) < 4.78 is 0. The number of fused-ring (bicyclic) bond motifs is 1. The van der Waals surface area contributed by atoms with Crippen molar-refractivity contribution in [2.75, 3.05) is 26.7 Å². The quantitative estimate of drug-likeness (QED) is 0.843. The number of nitrogens with two attached hydrogens (primary N) is 1. The van der Waals surface area contributed by atoms with Gasteiger partial charge in [0.2, 0.25) is 0 Å². The van der Waals surface area contributed by atoms with E-state index in [1.165, 1.54) is 12.0 Å². The van der Waals surface area contributed by atoms with Gasteiger partial charge < -0.3 is 10.6 Å². The first-order valence-electron chi connectivity index (χ1n) is 6.48. The lowest BCUT2D eigenvalue weighted by atomic mass is 9.77. The van der Waals surface area contributed by atoms with Crippen molar-refractivity contribution in [2.24, 2.45) is 11.1 Å². The Bertz CT molecular complexity index is 384. The first-order chi connectivity index (χ1) is 8.02. The summed E-state index contributed by atoms with van der Waals surface area (Å²) in [6, 6.07) is 8.80. The van der Waals surface area contributed by atoms with E-state index in [0.29, 0.717) is 0 Å². The standard InChI is InChI=1S/C15H24N2/c1-15(2,10-16)11-17(3)9-13-8-12-6-4-5-7-14(12)13/h4-7,13H,8-11,16H2,1-3H3. The van der Waals surface area contributed by atoms with E-state index in [0.717, 1.165) is 25.6 Å². The Morgan fingerprint density at radius 1 is 1.35 bits per heavy atom. The monoisotopic (exact) mass is 232 g/mol. The zero-order valence-corrected chi connectivity index (χ0v) is 11.2. The average molecular weight is 232 g/mol. The second-order valence-corrected chi connectivity index (χ2v) is 6.16. The molecule has 2 rings (SSSR count). The summed E-state index contributed by atoms with van der Waals surface area (Å²) in [7, 11) is 2.21. The predicted molar refractivity (Wildman–Crippen MR) is 73.2 cm³/mol. The summed E-state index contributed by atoms with van der Waals surface area (Å²) in [5.74, 6) is 0.727. The van der Waals surface area contributed by atoms with Gasteiger partial charge in [-0.05, 0) is 36.6 Å². The van der Waals surface area contributed by atoms with Crippen LogP contribution in [0.1, 0.15) is 30.9 Å². The molecule has 1 unspecified atom stereocenters. The van der Waals surface area contributed by atoms with Crippen LogP contribution in [0.4, 0.5) is 0 Å². The molecular weight excluding hydrogens is 208 g/mol. The van der Waals surface area contributed by atoms with Gasteiger partial charge in [0.05, 0.1) is 0 Å². The van der Waals surface area contributed by atoms with Crippen LogP contribution in [0.25, 0.3) is 0 Å². The van der Waals surface area contributed by atoms with E-state index in [1.54, 1.807) is 5.56 Å². The van der Waals surface area contributed by atoms with Gasteiger partial charge in [-0.3, -0.25) is 0 Å². The third-order valence-corrected chi connectivity index (χ3v) is 3.74. The Labute approximate surface area is 105 Å². The molecule has 1 aliphatic carbocycles. The van der Waals surface area contributed by atoms with Crippen molar-refractivity contribution in [3.63, 3.8) is 0 Å². The maximum atomic E-state index is 5.78. The van der Waals surface area contributed by atoms with Gasteiger partial charge in [-0.2, -0.15) is 0 Å². The predicted octanol–water partition coefficient (Wildman–Crippen LogP) is 2.24. The van der Waals surface area contributed by atoms with Crippen LogP contribution >= 0.6 is 0 Å². The zero-order valence-electron chi connectivity index (χ0n) is 11.2. The van der Waals surface area contributed by atoms with E-state index >= 15 is 0 Å². The number of nitrogens with zero attached hydrogens (tertiary/aromatic N) is 1. The van der Waals surface area contributed by atoms with Crippen LogP contribution in [0, 0.1) is 5.41 Å². The van der Waals surface area contributed by atoms with E-state index in [9.17, 15) is 0 Å². The van der Waals surface area contributed by atoms with E-state index in [1.807, 2.05) is 0 Å². The smallest absolute Gasteiger partial charge is 0.00508 e. The first kappa shape index (κ1) is 12.6. The molecule has 2 heteroatoms. The van der Waals surface area contributed by atoms with Crippen LogP contribution in [0.5, 0.6) is 0 Å². The molecule has 1 aromatic carbocycles. The third-order valence-electron chi connectivity index (χ3n) is 3.74. The number of rotatable bonds is 5. The Balaban J connectivity index is 1.88. The highest BCUT2D eigenvalue weighted by molar-refractivity contribution is 5.40. The SMILES string of the molecule is CN(CC1Cc2ccccc21)CC(C)(C)CN. The van der Waals surface area contributed by atoms with Crippen LogP contribution in [-0.2, 0) is 6.42 Å². The lowest BCUT2D eigenvalue weighted by Crippen LogP contribution is -2.40. The van der Waals surface area contributed by atoms with E-state index in [2.05, 4.69) is 50.1 Å². The molecule has 17 heavy (non-hydrogen) atoms.